The minimum absolute atomic E-state index is 0.188. The third-order valence-corrected chi connectivity index (χ3v) is 5.01. The Labute approximate surface area is 165 Å². The van der Waals surface area contributed by atoms with Crippen LogP contribution in [-0.2, 0) is 9.53 Å². The normalized spacial score (nSPS) is 15.5. The summed E-state index contributed by atoms with van der Waals surface area (Å²) in [7, 11) is 0. The standard InChI is InChI=1S/C21H28N4O3/c1-15-12-16(2)25(24-15)19-11-10-17(13-22-19)21(27)28-14-20(26)23-18-8-6-4-3-5-7-9-18/h10-13,18H,3-9,14H2,1-2H3,(H,23,26). The second-order valence-corrected chi connectivity index (χ2v) is 7.43. The van der Waals surface area contributed by atoms with Gasteiger partial charge in [-0.25, -0.2) is 14.5 Å². The molecule has 0 spiro atoms. The van der Waals surface area contributed by atoms with Gasteiger partial charge < -0.3 is 10.1 Å². The summed E-state index contributed by atoms with van der Waals surface area (Å²) in [6.07, 6.45) is 9.44. The molecule has 0 unspecified atom stereocenters. The van der Waals surface area contributed by atoms with E-state index in [1.165, 1.54) is 25.5 Å². The van der Waals surface area contributed by atoms with Crippen LogP contribution in [-0.4, -0.2) is 39.3 Å². The van der Waals surface area contributed by atoms with E-state index in [1.54, 1.807) is 16.8 Å². The number of amides is 1. The fraction of sp³-hybridized carbons (Fsp3) is 0.524. The predicted octanol–water partition coefficient (Wildman–Crippen LogP) is 3.27. The number of nitrogens with one attached hydrogen (secondary N) is 1. The van der Waals surface area contributed by atoms with Crippen molar-refractivity contribution in [3.63, 3.8) is 0 Å². The van der Waals surface area contributed by atoms with Gasteiger partial charge in [-0.05, 0) is 44.9 Å². The van der Waals surface area contributed by atoms with Crippen LogP contribution in [0.4, 0.5) is 0 Å². The van der Waals surface area contributed by atoms with Crippen LogP contribution in [0, 0.1) is 13.8 Å². The first kappa shape index (κ1) is 20.0. The minimum Gasteiger partial charge on any atom is -0.452 e. The zero-order valence-electron chi connectivity index (χ0n) is 16.6. The molecule has 3 rings (SSSR count). The molecular formula is C21H28N4O3. The maximum Gasteiger partial charge on any atom is 0.340 e. The topological polar surface area (TPSA) is 86.1 Å². The van der Waals surface area contributed by atoms with Crippen LogP contribution < -0.4 is 5.32 Å². The summed E-state index contributed by atoms with van der Waals surface area (Å²) in [5.41, 5.74) is 2.17. The van der Waals surface area contributed by atoms with E-state index < -0.39 is 5.97 Å². The molecule has 0 aliphatic heterocycles. The van der Waals surface area contributed by atoms with Gasteiger partial charge in [-0.2, -0.15) is 5.10 Å². The molecule has 1 fully saturated rings. The molecule has 2 aromatic heterocycles. The molecule has 28 heavy (non-hydrogen) atoms. The van der Waals surface area contributed by atoms with E-state index in [0.29, 0.717) is 11.4 Å². The number of carbonyl (C=O) groups excluding carboxylic acids is 2. The fourth-order valence-electron chi connectivity index (χ4n) is 3.58. The van der Waals surface area contributed by atoms with Crippen LogP contribution in [0.5, 0.6) is 0 Å². The van der Waals surface area contributed by atoms with Crippen LogP contribution >= 0.6 is 0 Å². The van der Waals surface area contributed by atoms with Gasteiger partial charge in [0, 0.05) is 17.9 Å². The monoisotopic (exact) mass is 384 g/mol. The first-order valence-electron chi connectivity index (χ1n) is 9.99. The van der Waals surface area contributed by atoms with Gasteiger partial charge in [0.1, 0.15) is 0 Å². The number of rotatable bonds is 5. The third kappa shape index (κ3) is 5.41. The zero-order chi connectivity index (χ0) is 19.9. The Morgan fingerprint density at radius 2 is 1.86 bits per heavy atom. The van der Waals surface area contributed by atoms with E-state index in [0.717, 1.165) is 37.1 Å². The maximum absolute atomic E-state index is 12.2. The molecule has 0 saturated heterocycles. The molecule has 2 heterocycles. The molecular weight excluding hydrogens is 356 g/mol. The molecule has 0 bridgehead atoms. The molecule has 1 amide bonds. The highest BCUT2D eigenvalue weighted by molar-refractivity contribution is 5.91. The lowest BCUT2D eigenvalue weighted by Crippen LogP contribution is -2.38. The highest BCUT2D eigenvalue weighted by Gasteiger charge is 2.16. The number of pyridine rings is 1. The number of aryl methyl sites for hydroxylation is 2. The van der Waals surface area contributed by atoms with Crippen LogP contribution in [0.3, 0.4) is 0 Å². The summed E-state index contributed by atoms with van der Waals surface area (Å²) in [6.45, 7) is 3.59. The van der Waals surface area contributed by atoms with Crippen molar-refractivity contribution in [2.75, 3.05) is 6.61 Å². The van der Waals surface area contributed by atoms with Crippen molar-refractivity contribution in [1.82, 2.24) is 20.1 Å². The summed E-state index contributed by atoms with van der Waals surface area (Å²) in [5, 5.41) is 7.36. The zero-order valence-corrected chi connectivity index (χ0v) is 16.6. The number of esters is 1. The van der Waals surface area contributed by atoms with E-state index in [2.05, 4.69) is 15.4 Å². The smallest absolute Gasteiger partial charge is 0.340 e. The number of hydrogen-bond donors (Lipinski definition) is 1. The van der Waals surface area contributed by atoms with E-state index >= 15 is 0 Å². The van der Waals surface area contributed by atoms with Crippen molar-refractivity contribution in [3.05, 3.63) is 41.3 Å². The average molecular weight is 384 g/mol. The second kappa shape index (κ2) is 9.48. The number of hydrogen-bond acceptors (Lipinski definition) is 5. The number of ether oxygens (including phenoxy) is 1. The predicted molar refractivity (Wildman–Crippen MR) is 105 cm³/mol. The maximum atomic E-state index is 12.2. The molecule has 2 aromatic rings. The van der Waals surface area contributed by atoms with Gasteiger partial charge in [-0.1, -0.05) is 32.1 Å². The van der Waals surface area contributed by atoms with Crippen molar-refractivity contribution in [3.8, 4) is 5.82 Å². The lowest BCUT2D eigenvalue weighted by Gasteiger charge is -2.20. The molecule has 0 aromatic carbocycles. The quantitative estimate of drug-likeness (QED) is 0.800. The summed E-state index contributed by atoms with van der Waals surface area (Å²) in [5.74, 6) is -0.171. The second-order valence-electron chi connectivity index (χ2n) is 7.43. The third-order valence-electron chi connectivity index (χ3n) is 5.01. The van der Waals surface area contributed by atoms with Gasteiger partial charge in [0.15, 0.2) is 12.4 Å². The first-order valence-corrected chi connectivity index (χ1v) is 9.99. The molecule has 0 radical (unpaired) electrons. The molecule has 1 saturated carbocycles. The Morgan fingerprint density at radius 1 is 1.14 bits per heavy atom. The Hall–Kier alpha value is -2.70. The van der Waals surface area contributed by atoms with Gasteiger partial charge in [-0.3, -0.25) is 4.79 Å². The van der Waals surface area contributed by atoms with Crippen molar-refractivity contribution < 1.29 is 14.3 Å². The Balaban J connectivity index is 1.50. The first-order chi connectivity index (χ1) is 13.5. The summed E-state index contributed by atoms with van der Waals surface area (Å²) < 4.78 is 6.86. The van der Waals surface area contributed by atoms with Crippen molar-refractivity contribution >= 4 is 11.9 Å². The molecule has 7 heteroatoms. The lowest BCUT2D eigenvalue weighted by atomic mass is 9.97. The molecule has 1 N–H and O–H groups in total. The average Bonchev–Trinajstić information content (AvgIpc) is 3.00. The van der Waals surface area contributed by atoms with E-state index in [4.69, 9.17) is 4.74 Å². The largest absolute Gasteiger partial charge is 0.452 e. The number of nitrogens with zero attached hydrogens (tertiary/aromatic N) is 3. The molecule has 1 aliphatic carbocycles. The fourth-order valence-corrected chi connectivity index (χ4v) is 3.58. The van der Waals surface area contributed by atoms with Gasteiger partial charge in [0.05, 0.1) is 11.3 Å². The van der Waals surface area contributed by atoms with E-state index in [-0.39, 0.29) is 18.6 Å². The van der Waals surface area contributed by atoms with Crippen LogP contribution in [0.1, 0.15) is 66.7 Å². The molecule has 0 atom stereocenters. The SMILES string of the molecule is Cc1cc(C)n(-c2ccc(C(=O)OCC(=O)NC3CCCCCCC3)cn2)n1. The lowest BCUT2D eigenvalue weighted by molar-refractivity contribution is -0.125. The van der Waals surface area contributed by atoms with Crippen molar-refractivity contribution in [1.29, 1.82) is 0 Å². The van der Waals surface area contributed by atoms with Gasteiger partial charge in [0.25, 0.3) is 5.91 Å². The van der Waals surface area contributed by atoms with Crippen molar-refractivity contribution in [2.24, 2.45) is 0 Å². The molecule has 7 nitrogen and oxygen atoms in total. The summed E-state index contributed by atoms with van der Waals surface area (Å²) in [6, 6.07) is 5.49. The van der Waals surface area contributed by atoms with Crippen LogP contribution in [0.15, 0.2) is 24.4 Å². The Kier molecular flexibility index (Phi) is 6.79. The summed E-state index contributed by atoms with van der Waals surface area (Å²) >= 11 is 0. The summed E-state index contributed by atoms with van der Waals surface area (Å²) in [4.78, 5) is 28.6. The minimum atomic E-state index is -0.555. The highest BCUT2D eigenvalue weighted by Crippen LogP contribution is 2.17. The highest BCUT2D eigenvalue weighted by atomic mass is 16.5. The van der Waals surface area contributed by atoms with E-state index in [1.807, 2.05) is 19.9 Å². The van der Waals surface area contributed by atoms with Gasteiger partial charge >= 0.3 is 5.97 Å². The van der Waals surface area contributed by atoms with Gasteiger partial charge in [-0.15, -0.1) is 0 Å². The van der Waals surface area contributed by atoms with Crippen LogP contribution in [0.2, 0.25) is 0 Å². The van der Waals surface area contributed by atoms with Crippen LogP contribution in [0.25, 0.3) is 5.82 Å². The number of carbonyl (C=O) groups is 2. The van der Waals surface area contributed by atoms with E-state index in [9.17, 15) is 9.59 Å². The molecule has 1 aliphatic rings. The van der Waals surface area contributed by atoms with Crippen molar-refractivity contribution in [2.45, 2.75) is 64.8 Å². The Bertz CT molecular complexity index is 806. The number of aromatic nitrogens is 3. The molecule has 150 valence electrons. The van der Waals surface area contributed by atoms with Gasteiger partial charge in [0.2, 0.25) is 0 Å². The Morgan fingerprint density at radius 3 is 2.46 bits per heavy atom.